The molecule has 2 saturated carbocycles. The zero-order chi connectivity index (χ0) is 22.0. The molecule has 0 spiro atoms. The molecule has 0 radical (unpaired) electrons. The first kappa shape index (κ1) is 21.0. The van der Waals surface area contributed by atoms with Crippen molar-refractivity contribution >= 4 is 11.5 Å². The summed E-state index contributed by atoms with van der Waals surface area (Å²) in [6.45, 7) is 11.2. The van der Waals surface area contributed by atoms with Gasteiger partial charge < -0.3 is 4.74 Å². The minimum absolute atomic E-state index is 0.0889. The van der Waals surface area contributed by atoms with Gasteiger partial charge in [0.25, 0.3) is 0 Å². The summed E-state index contributed by atoms with van der Waals surface area (Å²) in [5.74, 6) is 2.17. The zero-order valence-corrected chi connectivity index (χ0v) is 20.0. The van der Waals surface area contributed by atoms with Crippen LogP contribution in [0.3, 0.4) is 0 Å². The summed E-state index contributed by atoms with van der Waals surface area (Å²) < 4.78 is 5.60. The molecule has 1 aromatic carbocycles. The summed E-state index contributed by atoms with van der Waals surface area (Å²) in [5, 5.41) is 0. The maximum atomic E-state index is 11.5. The maximum Gasteiger partial charge on any atom is 0.302 e. The van der Waals surface area contributed by atoms with E-state index in [0.717, 1.165) is 30.6 Å². The van der Waals surface area contributed by atoms with Crippen molar-refractivity contribution in [2.24, 2.45) is 28.6 Å². The number of hydrogen-bond acceptors (Lipinski definition) is 2. The van der Waals surface area contributed by atoms with E-state index in [9.17, 15) is 4.79 Å². The second kappa shape index (κ2) is 7.36. The topological polar surface area (TPSA) is 26.3 Å². The molecule has 4 aliphatic rings. The highest BCUT2D eigenvalue weighted by Gasteiger charge is 2.57. The van der Waals surface area contributed by atoms with E-state index >= 15 is 0 Å². The summed E-state index contributed by atoms with van der Waals surface area (Å²) in [7, 11) is 0. The molecule has 31 heavy (non-hydrogen) atoms. The van der Waals surface area contributed by atoms with Gasteiger partial charge in [-0.25, -0.2) is 0 Å². The van der Waals surface area contributed by atoms with Gasteiger partial charge in [-0.15, -0.1) is 0 Å². The summed E-state index contributed by atoms with van der Waals surface area (Å²) in [6.07, 6.45) is 13.4. The Balaban J connectivity index is 1.43. The van der Waals surface area contributed by atoms with E-state index in [2.05, 4.69) is 58.0 Å². The first-order chi connectivity index (χ1) is 14.7. The third kappa shape index (κ3) is 3.16. The Labute approximate surface area is 188 Å². The molecule has 0 aromatic heterocycles. The van der Waals surface area contributed by atoms with Crippen molar-refractivity contribution < 1.29 is 9.53 Å². The predicted octanol–water partition coefficient (Wildman–Crippen LogP) is 7.19. The predicted molar refractivity (Wildman–Crippen MR) is 127 cm³/mol. The highest BCUT2D eigenvalue weighted by atomic mass is 16.5. The van der Waals surface area contributed by atoms with Crippen molar-refractivity contribution in [2.75, 3.05) is 0 Å². The Hall–Kier alpha value is -1.83. The molecule has 0 aliphatic heterocycles. The lowest BCUT2D eigenvalue weighted by Crippen LogP contribution is -2.50. The fourth-order valence-electron chi connectivity index (χ4n) is 8.16. The van der Waals surface area contributed by atoms with Gasteiger partial charge in [0.2, 0.25) is 0 Å². The average Bonchev–Trinajstić information content (AvgIpc) is 3.05. The van der Waals surface area contributed by atoms with Gasteiger partial charge in [0.15, 0.2) is 0 Å². The van der Waals surface area contributed by atoms with E-state index < -0.39 is 0 Å². The number of aryl methyl sites for hydroxylation is 2. The van der Waals surface area contributed by atoms with Crippen LogP contribution in [0.5, 0.6) is 0 Å². The third-order valence-corrected chi connectivity index (χ3v) is 9.72. The average molecular weight is 419 g/mol. The van der Waals surface area contributed by atoms with Crippen molar-refractivity contribution in [1.82, 2.24) is 0 Å². The largest absolute Gasteiger partial charge is 0.462 e. The fraction of sp³-hybridized carbons (Fsp3) is 0.621. The van der Waals surface area contributed by atoms with Crippen LogP contribution in [0.15, 0.2) is 35.9 Å². The molecule has 6 atom stereocenters. The molecule has 2 heteroatoms. The zero-order valence-electron chi connectivity index (χ0n) is 20.0. The Morgan fingerprint density at radius 1 is 0.968 bits per heavy atom. The molecular formula is C29H38O2. The molecule has 1 aromatic rings. The molecule has 0 amide bonds. The van der Waals surface area contributed by atoms with Gasteiger partial charge in [-0.2, -0.15) is 0 Å². The standard InChI is InChI=1S/C29H38O2/c1-18-7-6-8-19(2)27(18)26-12-11-24-23-10-9-21-17-22(31-20(3)30)13-15-28(21,4)25(23)14-16-29(24,26)5/h6-9,12,22-25H,10-11,13-17H2,1-5H3. The molecule has 0 bridgehead atoms. The van der Waals surface area contributed by atoms with Crippen LogP contribution >= 0.6 is 0 Å². The van der Waals surface area contributed by atoms with Gasteiger partial charge in [-0.3, -0.25) is 4.79 Å². The molecule has 6 unspecified atom stereocenters. The van der Waals surface area contributed by atoms with Crippen LogP contribution in [0.25, 0.3) is 5.57 Å². The van der Waals surface area contributed by atoms with Crippen LogP contribution in [-0.4, -0.2) is 12.1 Å². The Morgan fingerprint density at radius 3 is 2.39 bits per heavy atom. The molecular weight excluding hydrogens is 380 g/mol. The Morgan fingerprint density at radius 2 is 1.68 bits per heavy atom. The Bertz CT molecular complexity index is 949. The van der Waals surface area contributed by atoms with Gasteiger partial charge in [0, 0.05) is 13.3 Å². The van der Waals surface area contributed by atoms with Crippen molar-refractivity contribution in [3.8, 4) is 0 Å². The molecule has 2 nitrogen and oxygen atoms in total. The number of esters is 1. The molecule has 0 N–H and O–H groups in total. The molecule has 0 saturated heterocycles. The van der Waals surface area contributed by atoms with Crippen LogP contribution in [0.1, 0.15) is 82.4 Å². The van der Waals surface area contributed by atoms with E-state index in [0.29, 0.717) is 10.8 Å². The molecule has 0 heterocycles. The maximum absolute atomic E-state index is 11.5. The van der Waals surface area contributed by atoms with Crippen LogP contribution in [0.2, 0.25) is 0 Å². The minimum atomic E-state index is -0.132. The highest BCUT2D eigenvalue weighted by Crippen LogP contribution is 2.66. The summed E-state index contributed by atoms with van der Waals surface area (Å²) >= 11 is 0. The number of allylic oxidation sites excluding steroid dienone is 3. The summed E-state index contributed by atoms with van der Waals surface area (Å²) in [6, 6.07) is 6.76. The van der Waals surface area contributed by atoms with Crippen LogP contribution < -0.4 is 0 Å². The lowest BCUT2D eigenvalue weighted by molar-refractivity contribution is -0.148. The third-order valence-electron chi connectivity index (χ3n) is 9.72. The van der Waals surface area contributed by atoms with E-state index in [1.54, 1.807) is 18.1 Å². The van der Waals surface area contributed by atoms with Gasteiger partial charge in [-0.1, -0.05) is 49.8 Å². The number of hydrogen-bond donors (Lipinski definition) is 0. The number of carbonyl (C=O) groups is 1. The SMILES string of the molecule is CC(=O)OC1CCC2(C)C(=CCC3C2CCC2(C)C(c4c(C)cccc4C)=CCC32)C1. The summed E-state index contributed by atoms with van der Waals surface area (Å²) in [4.78, 5) is 11.5. The smallest absolute Gasteiger partial charge is 0.302 e. The highest BCUT2D eigenvalue weighted by molar-refractivity contribution is 5.77. The van der Waals surface area contributed by atoms with Crippen LogP contribution in [0.4, 0.5) is 0 Å². The molecule has 2 fully saturated rings. The van der Waals surface area contributed by atoms with Gasteiger partial charge in [0.1, 0.15) is 6.10 Å². The molecule has 4 aliphatic carbocycles. The lowest BCUT2D eigenvalue weighted by Gasteiger charge is -2.58. The number of benzene rings is 1. The first-order valence-corrected chi connectivity index (χ1v) is 12.4. The van der Waals surface area contributed by atoms with E-state index in [-0.39, 0.29) is 12.1 Å². The normalized spacial score (nSPS) is 39.0. The van der Waals surface area contributed by atoms with E-state index in [1.165, 1.54) is 48.8 Å². The lowest BCUT2D eigenvalue weighted by atomic mass is 9.47. The van der Waals surface area contributed by atoms with Crippen molar-refractivity contribution in [1.29, 1.82) is 0 Å². The number of carbonyl (C=O) groups excluding carboxylic acids is 1. The summed E-state index contributed by atoms with van der Waals surface area (Å²) in [5.41, 5.74) is 8.18. The fourth-order valence-corrected chi connectivity index (χ4v) is 8.16. The molecule has 5 rings (SSSR count). The second-order valence-corrected chi connectivity index (χ2v) is 11.3. The molecule has 166 valence electrons. The Kier molecular flexibility index (Phi) is 4.99. The van der Waals surface area contributed by atoms with Crippen LogP contribution in [0, 0.1) is 42.4 Å². The van der Waals surface area contributed by atoms with Gasteiger partial charge in [-0.05, 0) is 103 Å². The monoisotopic (exact) mass is 418 g/mol. The van der Waals surface area contributed by atoms with Crippen LogP contribution in [-0.2, 0) is 9.53 Å². The number of fused-ring (bicyclic) bond motifs is 5. The van der Waals surface area contributed by atoms with E-state index in [4.69, 9.17) is 4.74 Å². The van der Waals surface area contributed by atoms with Gasteiger partial charge in [0.05, 0.1) is 0 Å². The van der Waals surface area contributed by atoms with Crippen molar-refractivity contribution in [3.05, 3.63) is 52.6 Å². The first-order valence-electron chi connectivity index (χ1n) is 12.4. The van der Waals surface area contributed by atoms with Gasteiger partial charge >= 0.3 is 5.97 Å². The van der Waals surface area contributed by atoms with E-state index in [1.807, 2.05) is 0 Å². The van der Waals surface area contributed by atoms with Crippen molar-refractivity contribution in [2.45, 2.75) is 85.7 Å². The second-order valence-electron chi connectivity index (χ2n) is 11.3. The minimum Gasteiger partial charge on any atom is -0.462 e. The number of ether oxygens (including phenoxy) is 1. The quantitative estimate of drug-likeness (QED) is 0.375. The number of rotatable bonds is 2. The van der Waals surface area contributed by atoms with Crippen molar-refractivity contribution in [3.63, 3.8) is 0 Å².